The highest BCUT2D eigenvalue weighted by Crippen LogP contribution is 2.01. The first-order valence-electron chi connectivity index (χ1n) is 5.87. The third-order valence-electron chi connectivity index (χ3n) is 2.50. The van der Waals surface area contributed by atoms with Crippen LogP contribution < -0.4 is 5.32 Å². The molecule has 0 saturated heterocycles. The van der Waals surface area contributed by atoms with Gasteiger partial charge in [-0.2, -0.15) is 5.10 Å². The SMILES string of the molecule is COC(=O)CCCNC(=O)Cn1nc(C)cc1C. The Kier molecular flexibility index (Phi) is 5.35. The van der Waals surface area contributed by atoms with Crippen molar-refractivity contribution in [3.8, 4) is 0 Å². The van der Waals surface area contributed by atoms with E-state index in [1.807, 2.05) is 19.9 Å². The summed E-state index contributed by atoms with van der Waals surface area (Å²) in [4.78, 5) is 22.4. The molecule has 1 heterocycles. The molecule has 0 aliphatic rings. The predicted octanol–water partition coefficient (Wildman–Crippen LogP) is 0.569. The molecular formula is C12H19N3O3. The molecule has 0 fully saturated rings. The highest BCUT2D eigenvalue weighted by Gasteiger charge is 2.07. The molecule has 1 aromatic heterocycles. The average molecular weight is 253 g/mol. The minimum atomic E-state index is -0.261. The van der Waals surface area contributed by atoms with Crippen molar-refractivity contribution in [2.75, 3.05) is 13.7 Å². The Morgan fingerprint density at radius 1 is 1.44 bits per heavy atom. The van der Waals surface area contributed by atoms with E-state index in [2.05, 4.69) is 15.2 Å². The van der Waals surface area contributed by atoms with Gasteiger partial charge in [0.2, 0.25) is 5.91 Å². The minimum Gasteiger partial charge on any atom is -0.469 e. The molecule has 0 bridgehead atoms. The van der Waals surface area contributed by atoms with Crippen LogP contribution in [0.4, 0.5) is 0 Å². The number of carbonyl (C=O) groups excluding carboxylic acids is 2. The van der Waals surface area contributed by atoms with E-state index >= 15 is 0 Å². The number of nitrogens with one attached hydrogen (secondary N) is 1. The van der Waals surface area contributed by atoms with Crippen molar-refractivity contribution in [1.29, 1.82) is 0 Å². The van der Waals surface area contributed by atoms with Crippen LogP contribution in [-0.4, -0.2) is 35.3 Å². The van der Waals surface area contributed by atoms with E-state index in [1.165, 1.54) is 7.11 Å². The van der Waals surface area contributed by atoms with Crippen molar-refractivity contribution >= 4 is 11.9 Å². The molecule has 6 heteroatoms. The molecule has 0 atom stereocenters. The van der Waals surface area contributed by atoms with E-state index in [9.17, 15) is 9.59 Å². The van der Waals surface area contributed by atoms with Gasteiger partial charge in [-0.15, -0.1) is 0 Å². The van der Waals surface area contributed by atoms with Crippen LogP contribution in [0.2, 0.25) is 0 Å². The summed E-state index contributed by atoms with van der Waals surface area (Å²) >= 11 is 0. The predicted molar refractivity (Wildman–Crippen MR) is 66.0 cm³/mol. The molecule has 0 saturated carbocycles. The van der Waals surface area contributed by atoms with Gasteiger partial charge in [0, 0.05) is 18.7 Å². The van der Waals surface area contributed by atoms with Gasteiger partial charge < -0.3 is 10.1 Å². The molecule has 1 rings (SSSR count). The van der Waals surface area contributed by atoms with Gasteiger partial charge in [-0.3, -0.25) is 14.3 Å². The Balaban J connectivity index is 2.26. The Hall–Kier alpha value is -1.85. The number of ether oxygens (including phenoxy) is 1. The van der Waals surface area contributed by atoms with Gasteiger partial charge in [0.1, 0.15) is 6.54 Å². The van der Waals surface area contributed by atoms with Crippen LogP contribution in [0.5, 0.6) is 0 Å². The number of hydrogen-bond donors (Lipinski definition) is 1. The van der Waals surface area contributed by atoms with Crippen molar-refractivity contribution in [1.82, 2.24) is 15.1 Å². The van der Waals surface area contributed by atoms with Crippen LogP contribution in [-0.2, 0) is 20.9 Å². The highest BCUT2D eigenvalue weighted by atomic mass is 16.5. The van der Waals surface area contributed by atoms with Crippen LogP contribution in [0.1, 0.15) is 24.2 Å². The third kappa shape index (κ3) is 4.57. The van der Waals surface area contributed by atoms with E-state index in [-0.39, 0.29) is 18.4 Å². The van der Waals surface area contributed by atoms with E-state index in [4.69, 9.17) is 0 Å². The van der Waals surface area contributed by atoms with Gasteiger partial charge in [0.05, 0.1) is 12.8 Å². The zero-order valence-corrected chi connectivity index (χ0v) is 11.0. The number of carbonyl (C=O) groups is 2. The van der Waals surface area contributed by atoms with Crippen molar-refractivity contribution in [2.45, 2.75) is 33.2 Å². The summed E-state index contributed by atoms with van der Waals surface area (Å²) < 4.78 is 6.16. The topological polar surface area (TPSA) is 73.2 Å². The van der Waals surface area contributed by atoms with Crippen LogP contribution >= 0.6 is 0 Å². The molecule has 100 valence electrons. The normalized spacial score (nSPS) is 10.2. The summed E-state index contributed by atoms with van der Waals surface area (Å²) in [5.74, 6) is -0.367. The Morgan fingerprint density at radius 3 is 2.72 bits per heavy atom. The number of nitrogens with zero attached hydrogens (tertiary/aromatic N) is 2. The molecule has 0 aliphatic carbocycles. The fourth-order valence-corrected chi connectivity index (χ4v) is 1.59. The quantitative estimate of drug-likeness (QED) is 0.594. The molecule has 18 heavy (non-hydrogen) atoms. The summed E-state index contributed by atoms with van der Waals surface area (Å²) in [5, 5.41) is 6.94. The van der Waals surface area contributed by atoms with Crippen LogP contribution in [0.15, 0.2) is 6.07 Å². The van der Waals surface area contributed by atoms with E-state index in [1.54, 1.807) is 4.68 Å². The van der Waals surface area contributed by atoms with Gasteiger partial charge >= 0.3 is 5.97 Å². The molecule has 0 aliphatic heterocycles. The van der Waals surface area contributed by atoms with E-state index in [0.29, 0.717) is 19.4 Å². The second kappa shape index (κ2) is 6.78. The monoisotopic (exact) mass is 253 g/mol. The zero-order valence-electron chi connectivity index (χ0n) is 11.0. The first kappa shape index (κ1) is 14.2. The van der Waals surface area contributed by atoms with Gasteiger partial charge in [0.25, 0.3) is 0 Å². The van der Waals surface area contributed by atoms with E-state index < -0.39 is 0 Å². The van der Waals surface area contributed by atoms with Gasteiger partial charge in [-0.25, -0.2) is 0 Å². The molecule has 0 spiro atoms. The summed E-state index contributed by atoms with van der Waals surface area (Å²) in [5.41, 5.74) is 1.85. The number of amides is 1. The third-order valence-corrected chi connectivity index (χ3v) is 2.50. The highest BCUT2D eigenvalue weighted by molar-refractivity contribution is 5.75. The number of methoxy groups -OCH3 is 1. The molecule has 1 aromatic rings. The maximum atomic E-state index is 11.6. The largest absolute Gasteiger partial charge is 0.469 e. The van der Waals surface area contributed by atoms with Gasteiger partial charge in [-0.05, 0) is 26.3 Å². The lowest BCUT2D eigenvalue weighted by Gasteiger charge is -2.06. The van der Waals surface area contributed by atoms with Crippen molar-refractivity contribution in [2.24, 2.45) is 0 Å². The summed E-state index contributed by atoms with van der Waals surface area (Å²) in [7, 11) is 1.35. The standard InChI is InChI=1S/C12H19N3O3/c1-9-7-10(2)15(14-9)8-11(16)13-6-4-5-12(17)18-3/h7H,4-6,8H2,1-3H3,(H,13,16). The fourth-order valence-electron chi connectivity index (χ4n) is 1.59. The molecular weight excluding hydrogens is 234 g/mol. The first-order valence-corrected chi connectivity index (χ1v) is 5.87. The minimum absolute atomic E-state index is 0.105. The lowest BCUT2D eigenvalue weighted by Crippen LogP contribution is -2.29. The van der Waals surface area contributed by atoms with Crippen LogP contribution in [0.25, 0.3) is 0 Å². The molecule has 6 nitrogen and oxygen atoms in total. The van der Waals surface area contributed by atoms with Crippen LogP contribution in [0.3, 0.4) is 0 Å². The lowest BCUT2D eigenvalue weighted by molar-refractivity contribution is -0.140. The van der Waals surface area contributed by atoms with Crippen molar-refractivity contribution < 1.29 is 14.3 Å². The summed E-state index contributed by atoms with van der Waals surface area (Å²) in [6, 6.07) is 1.92. The number of aromatic nitrogens is 2. The molecule has 0 radical (unpaired) electrons. The summed E-state index contributed by atoms with van der Waals surface area (Å²) in [6.07, 6.45) is 0.895. The molecule has 0 unspecified atom stereocenters. The maximum Gasteiger partial charge on any atom is 0.305 e. The number of esters is 1. The Bertz CT molecular complexity index is 426. The number of aryl methyl sites for hydroxylation is 2. The van der Waals surface area contributed by atoms with Crippen LogP contribution in [0, 0.1) is 13.8 Å². The van der Waals surface area contributed by atoms with Crippen molar-refractivity contribution in [3.05, 3.63) is 17.5 Å². The first-order chi connectivity index (χ1) is 8.52. The maximum absolute atomic E-state index is 11.6. The Morgan fingerprint density at radius 2 is 2.17 bits per heavy atom. The Labute approximate surface area is 106 Å². The summed E-state index contributed by atoms with van der Waals surface area (Å²) in [6.45, 7) is 4.47. The second-order valence-corrected chi connectivity index (χ2v) is 4.11. The molecule has 0 aromatic carbocycles. The fraction of sp³-hybridized carbons (Fsp3) is 0.583. The van der Waals surface area contributed by atoms with Gasteiger partial charge in [-0.1, -0.05) is 0 Å². The molecule has 1 N–H and O–H groups in total. The smallest absolute Gasteiger partial charge is 0.305 e. The number of rotatable bonds is 6. The zero-order chi connectivity index (χ0) is 13.5. The van der Waals surface area contributed by atoms with Crippen molar-refractivity contribution in [3.63, 3.8) is 0 Å². The lowest BCUT2D eigenvalue weighted by atomic mass is 10.3. The van der Waals surface area contributed by atoms with E-state index in [0.717, 1.165) is 11.4 Å². The number of hydrogen-bond acceptors (Lipinski definition) is 4. The molecule has 1 amide bonds. The average Bonchev–Trinajstić information content (AvgIpc) is 2.63. The van der Waals surface area contributed by atoms with Gasteiger partial charge in [0.15, 0.2) is 0 Å². The second-order valence-electron chi connectivity index (χ2n) is 4.11.